The van der Waals surface area contributed by atoms with Crippen molar-refractivity contribution in [2.24, 2.45) is 11.3 Å². The summed E-state index contributed by atoms with van der Waals surface area (Å²) < 4.78 is 24.8. The molecule has 0 spiro atoms. The maximum atomic E-state index is 11.8. The molecule has 0 bridgehead atoms. The van der Waals surface area contributed by atoms with Gasteiger partial charge >= 0.3 is 5.97 Å². The Balaban J connectivity index is 2.46. The summed E-state index contributed by atoms with van der Waals surface area (Å²) in [7, 11) is -3.25. The number of hydrogen-bond donors (Lipinski definition) is 1. The molecule has 1 saturated heterocycles. The molecule has 0 amide bonds. The van der Waals surface area contributed by atoms with Gasteiger partial charge in [-0.3, -0.25) is 4.79 Å². The van der Waals surface area contributed by atoms with Crippen molar-refractivity contribution in [1.29, 1.82) is 0 Å². The van der Waals surface area contributed by atoms with Gasteiger partial charge in [0, 0.05) is 13.1 Å². The first-order valence-electron chi connectivity index (χ1n) is 5.32. The molecule has 94 valence electrons. The molecule has 5 nitrogen and oxygen atoms in total. The number of carboxylic acid groups (broad SMARTS) is 1. The van der Waals surface area contributed by atoms with Gasteiger partial charge in [-0.05, 0) is 11.8 Å². The largest absolute Gasteiger partial charge is 0.481 e. The van der Waals surface area contributed by atoms with Gasteiger partial charge in [0.2, 0.25) is 10.0 Å². The lowest BCUT2D eigenvalue weighted by Gasteiger charge is -2.36. The Kier molecular flexibility index (Phi) is 3.64. The molecule has 1 rings (SSSR count). The van der Waals surface area contributed by atoms with E-state index in [1.807, 2.05) is 20.8 Å². The lowest BCUT2D eigenvalue weighted by Crippen LogP contribution is -2.53. The second-order valence-corrected chi connectivity index (χ2v) is 7.57. The summed E-state index contributed by atoms with van der Waals surface area (Å²) in [5.74, 6) is -1.34. The molecule has 1 fully saturated rings. The second kappa shape index (κ2) is 4.33. The molecule has 6 heteroatoms. The number of rotatable bonds is 4. The quantitative estimate of drug-likeness (QED) is 0.798. The number of hydrogen-bond acceptors (Lipinski definition) is 3. The van der Waals surface area contributed by atoms with E-state index in [4.69, 9.17) is 5.11 Å². The lowest BCUT2D eigenvalue weighted by atomic mass is 9.94. The van der Waals surface area contributed by atoms with Gasteiger partial charge in [-0.1, -0.05) is 20.8 Å². The molecule has 0 aromatic carbocycles. The summed E-state index contributed by atoms with van der Waals surface area (Å²) in [4.78, 5) is 10.5. The maximum Gasteiger partial charge on any atom is 0.309 e. The Morgan fingerprint density at radius 2 is 1.88 bits per heavy atom. The average Bonchev–Trinajstić information content (AvgIpc) is 1.95. The Bertz CT molecular complexity index is 363. The van der Waals surface area contributed by atoms with E-state index in [-0.39, 0.29) is 24.3 Å². The van der Waals surface area contributed by atoms with Crippen molar-refractivity contribution in [3.63, 3.8) is 0 Å². The van der Waals surface area contributed by atoms with Crippen LogP contribution in [-0.2, 0) is 14.8 Å². The smallest absolute Gasteiger partial charge is 0.309 e. The van der Waals surface area contributed by atoms with Gasteiger partial charge in [0.15, 0.2) is 0 Å². The van der Waals surface area contributed by atoms with Crippen LogP contribution >= 0.6 is 0 Å². The van der Waals surface area contributed by atoms with Crippen molar-refractivity contribution < 1.29 is 18.3 Å². The van der Waals surface area contributed by atoms with E-state index in [9.17, 15) is 13.2 Å². The summed E-state index contributed by atoms with van der Waals surface area (Å²) in [6, 6.07) is 0. The third kappa shape index (κ3) is 3.45. The van der Waals surface area contributed by atoms with Crippen molar-refractivity contribution in [2.75, 3.05) is 18.8 Å². The molecule has 0 aromatic rings. The van der Waals surface area contributed by atoms with E-state index in [0.29, 0.717) is 6.42 Å². The van der Waals surface area contributed by atoms with Crippen LogP contribution in [-0.4, -0.2) is 42.6 Å². The minimum atomic E-state index is -3.25. The molecular formula is C10H19NO4S. The standard InChI is InChI=1S/C10H19NO4S/c1-10(2,3)4-5-16(14,15)11-6-8(7-11)9(12)13/h8H,4-7H2,1-3H3,(H,12,13). The van der Waals surface area contributed by atoms with E-state index < -0.39 is 21.9 Å². The number of carboxylic acids is 1. The molecule has 0 atom stereocenters. The van der Waals surface area contributed by atoms with Crippen molar-refractivity contribution in [3.8, 4) is 0 Å². The first kappa shape index (κ1) is 13.4. The van der Waals surface area contributed by atoms with Gasteiger partial charge < -0.3 is 5.11 Å². The van der Waals surface area contributed by atoms with E-state index in [1.165, 1.54) is 4.31 Å². The summed E-state index contributed by atoms with van der Waals surface area (Å²) >= 11 is 0. The molecule has 1 aliphatic rings. The third-order valence-electron chi connectivity index (χ3n) is 2.70. The van der Waals surface area contributed by atoms with Crippen molar-refractivity contribution >= 4 is 16.0 Å². The summed E-state index contributed by atoms with van der Waals surface area (Å²) in [5, 5.41) is 8.65. The fraction of sp³-hybridized carbons (Fsp3) is 0.900. The average molecular weight is 249 g/mol. The van der Waals surface area contributed by atoms with E-state index >= 15 is 0 Å². The van der Waals surface area contributed by atoms with E-state index in [1.54, 1.807) is 0 Å². The SMILES string of the molecule is CC(C)(C)CCS(=O)(=O)N1CC(C(=O)O)C1. The highest BCUT2D eigenvalue weighted by atomic mass is 32.2. The summed E-state index contributed by atoms with van der Waals surface area (Å²) in [6.07, 6.45) is 0.587. The van der Waals surface area contributed by atoms with Crippen molar-refractivity contribution in [3.05, 3.63) is 0 Å². The number of sulfonamides is 1. The molecule has 0 unspecified atom stereocenters. The van der Waals surface area contributed by atoms with Crippen LogP contribution in [0.25, 0.3) is 0 Å². The van der Waals surface area contributed by atoms with Crippen LogP contribution < -0.4 is 0 Å². The first-order valence-corrected chi connectivity index (χ1v) is 6.93. The zero-order chi connectivity index (χ0) is 12.6. The van der Waals surface area contributed by atoms with Crippen molar-refractivity contribution in [1.82, 2.24) is 4.31 Å². The van der Waals surface area contributed by atoms with Crippen LogP contribution in [0.4, 0.5) is 0 Å². The molecular weight excluding hydrogens is 230 g/mol. The molecule has 0 radical (unpaired) electrons. The maximum absolute atomic E-state index is 11.8. The Morgan fingerprint density at radius 1 is 1.38 bits per heavy atom. The van der Waals surface area contributed by atoms with Crippen LogP contribution in [0.2, 0.25) is 0 Å². The first-order chi connectivity index (χ1) is 7.12. The van der Waals surface area contributed by atoms with Gasteiger partial charge in [0.1, 0.15) is 0 Å². The Hall–Kier alpha value is -0.620. The van der Waals surface area contributed by atoms with Gasteiger partial charge in [0.25, 0.3) is 0 Å². The third-order valence-corrected chi connectivity index (χ3v) is 4.51. The predicted octanol–water partition coefficient (Wildman–Crippen LogP) is 0.769. The van der Waals surface area contributed by atoms with Crippen LogP contribution in [0, 0.1) is 11.3 Å². The summed E-state index contributed by atoms with van der Waals surface area (Å²) in [5.41, 5.74) is -0.0237. The number of aliphatic carboxylic acids is 1. The Labute approximate surface area is 96.5 Å². The van der Waals surface area contributed by atoms with E-state index in [2.05, 4.69) is 0 Å². The van der Waals surface area contributed by atoms with Gasteiger partial charge in [0.05, 0.1) is 11.7 Å². The fourth-order valence-corrected chi connectivity index (χ4v) is 3.33. The van der Waals surface area contributed by atoms with Gasteiger partial charge in [-0.15, -0.1) is 0 Å². The summed E-state index contributed by atoms with van der Waals surface area (Å²) in [6.45, 7) is 6.21. The monoisotopic (exact) mass is 249 g/mol. The molecule has 1 heterocycles. The molecule has 16 heavy (non-hydrogen) atoms. The van der Waals surface area contributed by atoms with Crippen LogP contribution in [0.15, 0.2) is 0 Å². The molecule has 0 saturated carbocycles. The Morgan fingerprint density at radius 3 is 2.25 bits per heavy atom. The highest BCUT2D eigenvalue weighted by molar-refractivity contribution is 7.89. The van der Waals surface area contributed by atoms with Gasteiger partial charge in [-0.25, -0.2) is 12.7 Å². The molecule has 0 aromatic heterocycles. The van der Waals surface area contributed by atoms with Crippen LogP contribution in [0.5, 0.6) is 0 Å². The van der Waals surface area contributed by atoms with Gasteiger partial charge in [-0.2, -0.15) is 0 Å². The van der Waals surface area contributed by atoms with E-state index in [0.717, 1.165) is 0 Å². The minimum Gasteiger partial charge on any atom is -0.481 e. The molecule has 1 aliphatic heterocycles. The topological polar surface area (TPSA) is 74.7 Å². The van der Waals surface area contributed by atoms with Crippen LogP contribution in [0.3, 0.4) is 0 Å². The number of nitrogens with zero attached hydrogens (tertiary/aromatic N) is 1. The lowest BCUT2D eigenvalue weighted by molar-refractivity contribution is -0.145. The zero-order valence-electron chi connectivity index (χ0n) is 9.93. The fourth-order valence-electron chi connectivity index (χ4n) is 1.39. The molecule has 1 N–H and O–H groups in total. The normalized spacial score (nSPS) is 19.4. The van der Waals surface area contributed by atoms with Crippen LogP contribution in [0.1, 0.15) is 27.2 Å². The predicted molar refractivity (Wildman–Crippen MR) is 60.6 cm³/mol. The van der Waals surface area contributed by atoms with Crippen molar-refractivity contribution in [2.45, 2.75) is 27.2 Å². The highest BCUT2D eigenvalue weighted by Crippen LogP contribution is 2.24. The minimum absolute atomic E-state index is 0.0237. The second-order valence-electron chi connectivity index (χ2n) is 5.48. The molecule has 0 aliphatic carbocycles. The zero-order valence-corrected chi connectivity index (χ0v) is 10.7. The highest BCUT2D eigenvalue weighted by Gasteiger charge is 2.39. The number of carbonyl (C=O) groups is 1.